The number of fused-ring (bicyclic) bond motifs is 3. The van der Waals surface area contributed by atoms with Gasteiger partial charge in [-0.05, 0) is 78.4 Å². The van der Waals surface area contributed by atoms with Crippen LogP contribution in [-0.2, 0) is 85.5 Å². The Morgan fingerprint density at radius 2 is 0.912 bits per heavy atom. The van der Waals surface area contributed by atoms with Crippen LogP contribution in [-0.4, -0.2) is 219 Å². The Hall–Kier alpha value is -3.84. The lowest BCUT2D eigenvalue weighted by Crippen LogP contribution is -2.68. The van der Waals surface area contributed by atoms with Gasteiger partial charge in [0.2, 0.25) is 0 Å². The SMILES string of the molecule is CCCCCCCCCCCC(=O)O[C@H]1[C@H](O[C@@H]2[C@H]3OC(=O)CCCCCCCCC[C@H](CCCCC)O[C@@H]4O[C@H](C)[C@H](O)[C@H](O)[C@H]4O[C@H](O[C@H]2C)[C@@H]3O)O[C@@H](C)[C@H](O[C@@H]2O[C@@H](C)[C@H](OC(=O)CCCCCCCCC)[C@@H](OC(=O)C=Cc3ccccc3)[C@H]2O)[C@H]1O[C@@H]1O[C@@H](C)[C@H](O)[C@@H](O)[C@H]1O. The minimum absolute atomic E-state index is 0.0421. The topological polar surface area (TPSA) is 339 Å². The fourth-order valence-corrected chi connectivity index (χ4v) is 14.3. The molecule has 584 valence electrons. The molecule has 1 aromatic carbocycles. The van der Waals surface area contributed by atoms with Crippen molar-refractivity contribution in [2.24, 2.45) is 0 Å². The zero-order chi connectivity index (χ0) is 73.7. The van der Waals surface area contributed by atoms with E-state index in [1.54, 1.807) is 45.0 Å². The molecule has 0 amide bonds. The van der Waals surface area contributed by atoms with E-state index in [0.717, 1.165) is 141 Å². The second-order valence-corrected chi connectivity index (χ2v) is 29.1. The van der Waals surface area contributed by atoms with Gasteiger partial charge in [-0.25, -0.2) is 4.79 Å². The number of esters is 4. The van der Waals surface area contributed by atoms with Gasteiger partial charge < -0.3 is 102 Å². The Balaban J connectivity index is 1.24. The smallest absolute Gasteiger partial charge is 0.331 e. The van der Waals surface area contributed by atoms with Crippen LogP contribution in [0.25, 0.3) is 6.08 Å². The number of carbonyl (C=O) groups is 4. The number of hydrogen-bond donors (Lipinski definition) is 7. The molecule has 0 aliphatic carbocycles. The van der Waals surface area contributed by atoms with Gasteiger partial charge in [-0.3, -0.25) is 14.4 Å². The summed E-state index contributed by atoms with van der Waals surface area (Å²) in [4.78, 5) is 56.4. The maximum atomic E-state index is 14.7. The van der Waals surface area contributed by atoms with Crippen molar-refractivity contribution in [1.29, 1.82) is 0 Å². The number of hydrogen-bond acceptors (Lipinski definition) is 25. The van der Waals surface area contributed by atoms with Gasteiger partial charge in [0.25, 0.3) is 0 Å². The minimum atomic E-state index is -1.95. The molecule has 6 aliphatic heterocycles. The third-order valence-electron chi connectivity index (χ3n) is 20.6. The Bertz CT molecular complexity index is 2570. The van der Waals surface area contributed by atoms with E-state index in [1.165, 1.54) is 26.0 Å². The monoisotopic (exact) mass is 1450 g/mol. The van der Waals surface area contributed by atoms with Crippen LogP contribution in [0.1, 0.15) is 260 Å². The Kier molecular flexibility index (Phi) is 37.8. The molecule has 0 saturated carbocycles. The quantitative estimate of drug-likeness (QED) is 0.0149. The van der Waals surface area contributed by atoms with Crippen LogP contribution in [0.4, 0.5) is 0 Å². The molecule has 6 aliphatic rings. The summed E-state index contributed by atoms with van der Waals surface area (Å²) in [5, 5.41) is 82.3. The van der Waals surface area contributed by atoms with Gasteiger partial charge >= 0.3 is 23.9 Å². The first-order valence-corrected chi connectivity index (χ1v) is 39.0. The highest BCUT2D eigenvalue weighted by Gasteiger charge is 2.59. The highest BCUT2D eigenvalue weighted by Crippen LogP contribution is 2.40. The number of unbranched alkanes of at least 4 members (excludes halogenated alkanes) is 16. The molecule has 6 fully saturated rings. The molecule has 6 heterocycles. The predicted molar refractivity (Wildman–Crippen MR) is 373 cm³/mol. The maximum Gasteiger partial charge on any atom is 0.331 e. The molecular formula is C77H126O25. The summed E-state index contributed by atoms with van der Waals surface area (Å²) in [5.74, 6) is -2.96. The van der Waals surface area contributed by atoms with E-state index in [0.29, 0.717) is 44.1 Å². The van der Waals surface area contributed by atoms with E-state index in [4.69, 9.17) is 66.3 Å². The summed E-state index contributed by atoms with van der Waals surface area (Å²) < 4.78 is 90.4. The molecule has 7 rings (SSSR count). The molecule has 0 spiro atoms. The molecule has 25 nitrogen and oxygen atoms in total. The second-order valence-electron chi connectivity index (χ2n) is 29.1. The molecule has 25 heteroatoms. The number of ether oxygens (including phenoxy) is 14. The maximum absolute atomic E-state index is 14.7. The van der Waals surface area contributed by atoms with Crippen molar-refractivity contribution in [2.75, 3.05) is 0 Å². The normalized spacial score (nSPS) is 36.9. The van der Waals surface area contributed by atoms with Crippen molar-refractivity contribution in [3.05, 3.63) is 42.0 Å². The number of rotatable bonds is 33. The molecule has 0 unspecified atom stereocenters. The summed E-state index contributed by atoms with van der Waals surface area (Å²) in [6.07, 6.45) is -11.4. The highest BCUT2D eigenvalue weighted by molar-refractivity contribution is 5.87. The van der Waals surface area contributed by atoms with Crippen molar-refractivity contribution in [2.45, 2.75) is 414 Å². The molecule has 26 atom stereocenters. The molecule has 7 N–H and O–H groups in total. The van der Waals surface area contributed by atoms with Gasteiger partial charge in [0.1, 0.15) is 67.1 Å². The largest absolute Gasteiger partial charge is 0.456 e. The Morgan fingerprint density at radius 1 is 0.422 bits per heavy atom. The van der Waals surface area contributed by atoms with E-state index in [-0.39, 0.29) is 25.4 Å². The third kappa shape index (κ3) is 26.2. The summed E-state index contributed by atoms with van der Waals surface area (Å²) in [5.41, 5.74) is 0.673. The van der Waals surface area contributed by atoms with E-state index in [2.05, 4.69) is 20.8 Å². The summed E-state index contributed by atoms with van der Waals surface area (Å²) in [7, 11) is 0. The summed E-state index contributed by atoms with van der Waals surface area (Å²) in [6.45, 7) is 14.1. The molecule has 102 heavy (non-hydrogen) atoms. The van der Waals surface area contributed by atoms with Crippen molar-refractivity contribution in [3.63, 3.8) is 0 Å². The van der Waals surface area contributed by atoms with Crippen LogP contribution >= 0.6 is 0 Å². The van der Waals surface area contributed by atoms with Crippen LogP contribution in [0, 0.1) is 0 Å². The Morgan fingerprint density at radius 3 is 1.55 bits per heavy atom. The van der Waals surface area contributed by atoms with E-state index < -0.39 is 177 Å². The first-order valence-electron chi connectivity index (χ1n) is 39.0. The third-order valence-corrected chi connectivity index (χ3v) is 20.6. The fraction of sp³-hybridized carbons (Fsp3) is 0.844. The molecule has 6 saturated heterocycles. The van der Waals surface area contributed by atoms with Crippen molar-refractivity contribution in [3.8, 4) is 0 Å². The van der Waals surface area contributed by atoms with E-state index in [9.17, 15) is 54.9 Å². The number of carbonyl (C=O) groups excluding carboxylic acids is 4. The number of benzene rings is 1. The van der Waals surface area contributed by atoms with Gasteiger partial charge in [0.15, 0.2) is 55.9 Å². The van der Waals surface area contributed by atoms with Crippen molar-refractivity contribution in [1.82, 2.24) is 0 Å². The van der Waals surface area contributed by atoms with Crippen LogP contribution in [0.3, 0.4) is 0 Å². The molecule has 0 radical (unpaired) electrons. The minimum Gasteiger partial charge on any atom is -0.456 e. The number of aliphatic hydroxyl groups excluding tert-OH is 7. The van der Waals surface area contributed by atoms with Gasteiger partial charge in [0, 0.05) is 25.3 Å². The van der Waals surface area contributed by atoms with Crippen LogP contribution in [0.5, 0.6) is 0 Å². The molecular weight excluding hydrogens is 1320 g/mol. The van der Waals surface area contributed by atoms with Crippen LogP contribution in [0.15, 0.2) is 36.4 Å². The Labute approximate surface area is 604 Å². The first-order chi connectivity index (χ1) is 49.1. The van der Waals surface area contributed by atoms with Gasteiger partial charge in [-0.1, -0.05) is 199 Å². The molecule has 1 aromatic rings. The lowest BCUT2D eigenvalue weighted by molar-refractivity contribution is -0.399. The lowest BCUT2D eigenvalue weighted by Gasteiger charge is -2.51. The zero-order valence-corrected chi connectivity index (χ0v) is 62.0. The van der Waals surface area contributed by atoms with E-state index >= 15 is 0 Å². The summed E-state index contributed by atoms with van der Waals surface area (Å²) in [6, 6.07) is 8.96. The second kappa shape index (κ2) is 45.1. The average Bonchev–Trinajstić information content (AvgIpc) is 0.767. The van der Waals surface area contributed by atoms with Crippen LogP contribution < -0.4 is 0 Å². The standard InChI is InChI=1S/C77H126O25/c1-9-12-15-17-19-20-24-28-37-44-56(80)98-72-71(102-73-62(86)60(84)58(82)47(4)89-73)67(99-74-63(87)68(97-57(81)46-45-52-38-32-30-33-39-52)65(49(6)91-74)95-54(78)42-35-27-22-18-16-13-10-2)51(8)93-77(72)100-66-50(7)92-75-64(88)69(66)96-55(79)43-36-29-25-21-23-26-34-41-53(40-31-14-11-3)94-76-70(101-75)61(85)59(83)48(5)90-76/h30,32-33,38-39,45-51,53,58-77,82-88H,9-29,31,34-37,40-44H2,1-8H3/t47-,48+,49-,50-,51-,53-,58-,59-,60+,61-,62+,63+,64+,65-,66-,67-,68-,69-,70+,71+,72+,73-,74-,75-,76-,77-/m0/s1. The first kappa shape index (κ1) is 85.4. The zero-order valence-electron chi connectivity index (χ0n) is 62.0. The van der Waals surface area contributed by atoms with Crippen molar-refractivity contribution < 1.29 is 121 Å². The van der Waals surface area contributed by atoms with Gasteiger partial charge in [-0.2, -0.15) is 0 Å². The van der Waals surface area contributed by atoms with Crippen LogP contribution in [0.2, 0.25) is 0 Å². The van der Waals surface area contributed by atoms with Gasteiger partial charge in [0.05, 0.1) is 36.6 Å². The number of aliphatic hydroxyl groups is 7. The van der Waals surface area contributed by atoms with Crippen molar-refractivity contribution >= 4 is 30.0 Å². The van der Waals surface area contributed by atoms with Gasteiger partial charge in [-0.15, -0.1) is 0 Å². The highest BCUT2D eigenvalue weighted by atomic mass is 16.8. The van der Waals surface area contributed by atoms with E-state index in [1.807, 2.05) is 6.07 Å². The fourth-order valence-electron chi connectivity index (χ4n) is 14.3. The average molecular weight is 1450 g/mol. The summed E-state index contributed by atoms with van der Waals surface area (Å²) >= 11 is 0. The predicted octanol–water partition coefficient (Wildman–Crippen LogP) is 9.69. The lowest BCUT2D eigenvalue weighted by atomic mass is 9.95. The molecule has 0 aromatic heterocycles. The molecule has 2 bridgehead atoms.